The van der Waals surface area contributed by atoms with E-state index in [1.165, 1.54) is 57.6 Å². The number of methoxy groups -OCH3 is 1. The molecule has 5 atom stereocenters. The average Bonchev–Trinajstić information content (AvgIpc) is 4.00. The predicted octanol–water partition coefficient (Wildman–Crippen LogP) is 11.9. The van der Waals surface area contributed by atoms with Crippen LogP contribution in [0, 0.1) is 31.6 Å². The lowest BCUT2D eigenvalue weighted by atomic mass is 9.86. The van der Waals surface area contributed by atoms with E-state index in [0.29, 0.717) is 56.3 Å². The number of aliphatic hydroxyl groups is 1. The van der Waals surface area contributed by atoms with Crippen LogP contribution >= 0.6 is 0 Å². The Morgan fingerprint density at radius 1 is 0.846 bits per heavy atom. The number of ether oxygens (including phenoxy) is 2. The van der Waals surface area contributed by atoms with E-state index >= 15 is 0 Å². The monoisotopic (exact) mass is 887 g/mol. The molecule has 8 bridgehead atoms. The van der Waals surface area contributed by atoms with Crippen LogP contribution in [0.1, 0.15) is 195 Å². The largest absolute Gasteiger partial charge is 0.512 e. The first kappa shape index (κ1) is 49.2. The summed E-state index contributed by atoms with van der Waals surface area (Å²) in [6.07, 6.45) is 15.8. The third-order valence-corrected chi connectivity index (χ3v) is 14.3. The van der Waals surface area contributed by atoms with Crippen LogP contribution in [0.4, 0.5) is 0 Å². The summed E-state index contributed by atoms with van der Waals surface area (Å²) in [4.78, 5) is 58.7. The van der Waals surface area contributed by atoms with Gasteiger partial charge in [-0.05, 0) is 113 Å². The maximum Gasteiger partial charge on any atom is 0.342 e. The van der Waals surface area contributed by atoms with Crippen molar-refractivity contribution in [1.29, 1.82) is 0 Å². The highest BCUT2D eigenvalue weighted by Gasteiger charge is 2.38. The van der Waals surface area contributed by atoms with Crippen LogP contribution in [0.3, 0.4) is 0 Å². The van der Waals surface area contributed by atoms with Crippen LogP contribution in [0.15, 0.2) is 35.9 Å². The van der Waals surface area contributed by atoms with Crippen molar-refractivity contribution in [2.24, 2.45) is 17.8 Å². The Morgan fingerprint density at radius 3 is 2.14 bits per heavy atom. The van der Waals surface area contributed by atoms with Crippen molar-refractivity contribution < 1.29 is 29.0 Å². The van der Waals surface area contributed by atoms with Gasteiger partial charge in [0.05, 0.1) is 46.5 Å². The van der Waals surface area contributed by atoms with Crippen LogP contribution in [-0.2, 0) is 19.1 Å². The average molecular weight is 887 g/mol. The van der Waals surface area contributed by atoms with Crippen molar-refractivity contribution in [3.8, 4) is 0 Å². The molecule has 10 heteroatoms. The van der Waals surface area contributed by atoms with Crippen LogP contribution in [0.5, 0.6) is 0 Å². The van der Waals surface area contributed by atoms with Crippen molar-refractivity contribution in [3.05, 3.63) is 85.8 Å². The Bertz CT molecular complexity index is 2660. The number of Topliss-reactive ketones (excluding diaryl/α,β-unsaturated/α-hetero) is 1. The molecule has 10 nitrogen and oxygen atoms in total. The van der Waals surface area contributed by atoms with Gasteiger partial charge in [-0.3, -0.25) is 19.6 Å². The van der Waals surface area contributed by atoms with Gasteiger partial charge in [-0.1, -0.05) is 98.1 Å². The highest BCUT2D eigenvalue weighted by molar-refractivity contribution is 6.48. The van der Waals surface area contributed by atoms with Crippen LogP contribution in [0.25, 0.3) is 39.0 Å². The van der Waals surface area contributed by atoms with Gasteiger partial charge in [-0.15, -0.1) is 0 Å². The van der Waals surface area contributed by atoms with Gasteiger partial charge in [0.15, 0.2) is 0 Å². The summed E-state index contributed by atoms with van der Waals surface area (Å²) in [6, 6.07) is 5.93. The minimum absolute atomic E-state index is 0.0322. The number of aryl methyl sites for hydroxylation is 2. The van der Waals surface area contributed by atoms with Gasteiger partial charge in [0.25, 0.3) is 0 Å². The molecule has 3 aromatic heterocycles. The second kappa shape index (κ2) is 21.4. The van der Waals surface area contributed by atoms with E-state index in [0.717, 1.165) is 58.2 Å². The summed E-state index contributed by atoms with van der Waals surface area (Å²) in [5.74, 6) is 0.420. The number of aromatic amines is 2. The summed E-state index contributed by atoms with van der Waals surface area (Å²) in [6.45, 7) is 23.4. The highest BCUT2D eigenvalue weighted by Crippen LogP contribution is 2.41. The normalized spacial score (nSPS) is 19.3. The lowest BCUT2D eigenvalue weighted by Gasteiger charge is -2.16. The molecule has 350 valence electrons. The summed E-state index contributed by atoms with van der Waals surface area (Å²) in [5.41, 5.74) is 9.70. The van der Waals surface area contributed by atoms with E-state index in [1.807, 2.05) is 45.0 Å². The second-order valence-corrected chi connectivity index (χ2v) is 19.8. The van der Waals surface area contributed by atoms with Crippen LogP contribution < -0.4 is 10.4 Å². The Hall–Kier alpha value is -5.25. The number of fused-ring (bicyclic) bond motifs is 8. The Balaban J connectivity index is 1.27. The number of esters is 2. The topological polar surface area (TPSA) is 147 Å². The zero-order valence-corrected chi connectivity index (χ0v) is 41.2. The minimum Gasteiger partial charge on any atom is -0.512 e. The molecule has 0 saturated heterocycles. The van der Waals surface area contributed by atoms with Crippen molar-refractivity contribution in [2.75, 3.05) is 13.7 Å². The number of nitrogens with one attached hydrogen (secondary N) is 2. The fourth-order valence-electron chi connectivity index (χ4n) is 10.3. The van der Waals surface area contributed by atoms with Gasteiger partial charge in [-0.25, -0.2) is 4.79 Å². The molecule has 5 heterocycles. The number of nitrogens with zero attached hydrogens (tertiary/aromatic N) is 2. The van der Waals surface area contributed by atoms with Gasteiger partial charge < -0.3 is 24.5 Å². The summed E-state index contributed by atoms with van der Waals surface area (Å²) >= 11 is 0. The quantitative estimate of drug-likeness (QED) is 0.0845. The summed E-state index contributed by atoms with van der Waals surface area (Å²) < 4.78 is 11.0. The van der Waals surface area contributed by atoms with E-state index < -0.39 is 11.8 Å². The molecule has 0 radical (unpaired) electrons. The number of carbonyl (C=O) groups excluding carboxylic acids is 3. The molecule has 3 aliphatic rings. The first-order valence-corrected chi connectivity index (χ1v) is 24.2. The molecular weight excluding hydrogens is 813 g/mol. The molecule has 0 spiro atoms. The molecule has 2 aliphatic heterocycles. The molecule has 0 aromatic carbocycles. The number of H-pyrrole nitrogens is 2. The zero-order valence-electron chi connectivity index (χ0n) is 41.2. The third-order valence-electron chi connectivity index (χ3n) is 14.3. The summed E-state index contributed by atoms with van der Waals surface area (Å²) in [7, 11) is 1.27. The molecule has 0 saturated carbocycles. The van der Waals surface area contributed by atoms with Gasteiger partial charge in [0.2, 0.25) is 5.78 Å². The third kappa shape index (κ3) is 10.9. The highest BCUT2D eigenvalue weighted by atomic mass is 16.5. The SMILES string of the molecule is C/C=C1/c2cc3[nH]c4c(c3C)C(=O)C(C(=O)OC)=c4c3nc(cc4[nH]c(cc(n2)[C@@H]1C)c(=C(C)O)c4C)[C@@H](C)[C@@H]3CCC(=O)OC/C=C(\C)CCC[C@H](C)CCC[C@H](C)CCCC(C)C. The number of ketones is 1. The fourth-order valence-corrected chi connectivity index (χ4v) is 10.3. The van der Waals surface area contributed by atoms with E-state index in [2.05, 4.69) is 64.5 Å². The molecule has 3 aromatic rings. The number of rotatable bonds is 18. The van der Waals surface area contributed by atoms with Crippen molar-refractivity contribution in [1.82, 2.24) is 19.9 Å². The molecule has 0 fully saturated rings. The molecule has 65 heavy (non-hydrogen) atoms. The predicted molar refractivity (Wildman–Crippen MR) is 263 cm³/mol. The van der Waals surface area contributed by atoms with E-state index in [-0.39, 0.29) is 48.1 Å². The molecule has 3 N–H and O–H groups in total. The maximum atomic E-state index is 14.4. The molecule has 6 rings (SSSR count). The fraction of sp³-hybridized carbons (Fsp3) is 0.545. The maximum absolute atomic E-state index is 14.4. The van der Waals surface area contributed by atoms with E-state index in [9.17, 15) is 19.5 Å². The molecule has 0 amide bonds. The minimum atomic E-state index is -0.738. The lowest BCUT2D eigenvalue weighted by molar-refractivity contribution is -0.142. The number of allylic oxidation sites excluding steroid dienone is 3. The second-order valence-electron chi connectivity index (χ2n) is 19.8. The zero-order chi connectivity index (χ0) is 47.3. The van der Waals surface area contributed by atoms with Gasteiger partial charge in [-0.2, -0.15) is 0 Å². The first-order valence-electron chi connectivity index (χ1n) is 24.2. The number of aromatic nitrogens is 4. The van der Waals surface area contributed by atoms with Gasteiger partial charge in [0, 0.05) is 51.3 Å². The molecule has 0 unspecified atom stereocenters. The van der Waals surface area contributed by atoms with E-state index in [1.54, 1.807) is 6.92 Å². The van der Waals surface area contributed by atoms with Crippen LogP contribution in [-0.4, -0.2) is 56.5 Å². The van der Waals surface area contributed by atoms with Gasteiger partial charge >= 0.3 is 11.9 Å². The number of hydrogen-bond donors (Lipinski definition) is 3. The lowest BCUT2D eigenvalue weighted by Crippen LogP contribution is -2.22. The van der Waals surface area contributed by atoms with Gasteiger partial charge in [0.1, 0.15) is 12.2 Å². The summed E-state index contributed by atoms with van der Waals surface area (Å²) in [5, 5.41) is 12.1. The molecular formula is C55H74N4O6. The Kier molecular flexibility index (Phi) is 16.2. The van der Waals surface area contributed by atoms with E-state index in [4.69, 9.17) is 19.4 Å². The Labute approximate surface area is 386 Å². The number of hydrogen-bond acceptors (Lipinski definition) is 8. The number of carbonyl (C=O) groups is 3. The Morgan fingerprint density at radius 2 is 1.49 bits per heavy atom. The standard InChI is InChI=1S/C55H74N4O6/c1-13-39-34(7)41-29-46-48(38(11)60)36(9)43(57-46)27-42-35(8)40(52(58-42)50-51(55(63)64-12)54(62)49-37(10)44(59-53(49)50)28-45(39)56-41)23-24-47(61)65-26-25-33(6)22-16-21-32(5)20-15-19-31(4)18-14-17-30(2)3/h13,25,27-32,34-35,40,57,59-60H,14-24,26H2,1-12H3/b33-25+,39-13+,42-27?,45-28?,46-29?,48-38?/t31-,32-,34-,35+,40+/m1/s1. The number of aliphatic hydroxyl groups excluding tert-OH is 1. The van der Waals surface area contributed by atoms with Crippen molar-refractivity contribution in [2.45, 2.75) is 165 Å². The first-order chi connectivity index (χ1) is 30.9. The molecule has 1 aliphatic carbocycles. The van der Waals surface area contributed by atoms with Crippen molar-refractivity contribution >= 4 is 56.7 Å². The smallest absolute Gasteiger partial charge is 0.342 e. The van der Waals surface area contributed by atoms with Crippen molar-refractivity contribution in [3.63, 3.8) is 0 Å². The van der Waals surface area contributed by atoms with Crippen LogP contribution in [0.2, 0.25) is 0 Å².